The number of carbonyl (C=O) groups excluding carboxylic acids is 1. The zero-order valence-electron chi connectivity index (χ0n) is 17.1. The second-order valence-electron chi connectivity index (χ2n) is 7.76. The highest BCUT2D eigenvalue weighted by molar-refractivity contribution is 6.34. The number of aryl methyl sites for hydroxylation is 1. The molecule has 1 atom stereocenters. The average Bonchev–Trinajstić information content (AvgIpc) is 3.10. The molecule has 4 heterocycles. The fourth-order valence-electron chi connectivity index (χ4n) is 3.89. The van der Waals surface area contributed by atoms with Gasteiger partial charge in [-0.05, 0) is 24.6 Å². The number of hydrogen-bond acceptors (Lipinski definition) is 5. The van der Waals surface area contributed by atoms with Crippen LogP contribution in [0.5, 0.6) is 5.75 Å². The number of anilines is 2. The van der Waals surface area contributed by atoms with E-state index in [1.54, 1.807) is 12.4 Å². The molecule has 3 N–H and O–H groups in total. The third kappa shape index (κ3) is 3.75. The molecule has 31 heavy (non-hydrogen) atoms. The molecule has 0 bridgehead atoms. The Labute approximate surface area is 185 Å². The number of H-pyrrole nitrogens is 1. The van der Waals surface area contributed by atoms with Gasteiger partial charge in [0.1, 0.15) is 12.4 Å². The topological polar surface area (TPSA) is 88.3 Å². The van der Waals surface area contributed by atoms with Gasteiger partial charge in [0.2, 0.25) is 0 Å². The first-order valence-electron chi connectivity index (χ1n) is 10.4. The molecule has 3 aromatic rings. The third-order valence-corrected chi connectivity index (χ3v) is 6.19. The lowest BCUT2D eigenvalue weighted by Crippen LogP contribution is -2.32. The van der Waals surface area contributed by atoms with Gasteiger partial charge in [0, 0.05) is 43.4 Å². The van der Waals surface area contributed by atoms with Crippen LogP contribution in [0.4, 0.5) is 11.4 Å². The summed E-state index contributed by atoms with van der Waals surface area (Å²) in [6.07, 6.45) is 5.22. The van der Waals surface area contributed by atoms with E-state index in [1.807, 2.05) is 31.2 Å². The van der Waals surface area contributed by atoms with Gasteiger partial charge in [0.05, 0.1) is 40.0 Å². The number of halogens is 1. The second-order valence-corrected chi connectivity index (χ2v) is 8.14. The van der Waals surface area contributed by atoms with Crippen molar-refractivity contribution in [2.45, 2.75) is 25.9 Å². The molecule has 0 aliphatic carbocycles. The Kier molecular flexibility index (Phi) is 5.29. The van der Waals surface area contributed by atoms with Crippen LogP contribution in [0.2, 0.25) is 5.02 Å². The fourth-order valence-corrected chi connectivity index (χ4v) is 4.06. The molecule has 1 amide bonds. The first-order chi connectivity index (χ1) is 15.1. The predicted octanol–water partition coefficient (Wildman–Crippen LogP) is 4.24. The molecular formula is C23H23ClN4O3. The van der Waals surface area contributed by atoms with Gasteiger partial charge in [0.25, 0.3) is 5.91 Å². The molecular weight excluding hydrogens is 416 g/mol. The summed E-state index contributed by atoms with van der Waals surface area (Å²) in [6, 6.07) is 7.67. The van der Waals surface area contributed by atoms with Crippen LogP contribution < -0.4 is 15.4 Å². The average molecular weight is 439 g/mol. The lowest BCUT2D eigenvalue weighted by Gasteiger charge is -2.26. The quantitative estimate of drug-likeness (QED) is 0.535. The molecule has 2 aromatic heterocycles. The van der Waals surface area contributed by atoms with Gasteiger partial charge in [0.15, 0.2) is 0 Å². The van der Waals surface area contributed by atoms with Crippen LogP contribution in [-0.2, 0) is 11.2 Å². The number of pyridine rings is 1. The highest BCUT2D eigenvalue weighted by Crippen LogP contribution is 2.41. The number of aromatic nitrogens is 2. The van der Waals surface area contributed by atoms with E-state index in [0.717, 1.165) is 41.2 Å². The summed E-state index contributed by atoms with van der Waals surface area (Å²) in [4.78, 5) is 20.5. The maximum absolute atomic E-state index is 12.8. The van der Waals surface area contributed by atoms with E-state index in [1.165, 1.54) is 0 Å². The first-order valence-corrected chi connectivity index (χ1v) is 10.7. The van der Waals surface area contributed by atoms with Crippen LogP contribution in [-0.4, -0.2) is 41.7 Å². The lowest BCUT2D eigenvalue weighted by atomic mass is 10.0. The Hall–Kier alpha value is -3.03. The van der Waals surface area contributed by atoms with E-state index < -0.39 is 0 Å². The molecule has 0 spiro atoms. The number of carbonyl (C=O) groups is 1. The summed E-state index contributed by atoms with van der Waals surface area (Å²) in [6.45, 7) is 3.78. The Balaban J connectivity index is 1.59. The Morgan fingerprint density at radius 3 is 3.03 bits per heavy atom. The van der Waals surface area contributed by atoms with Gasteiger partial charge >= 0.3 is 0 Å². The monoisotopic (exact) mass is 438 g/mol. The molecule has 2 aliphatic rings. The summed E-state index contributed by atoms with van der Waals surface area (Å²) in [5, 5.41) is 6.96. The van der Waals surface area contributed by atoms with Crippen molar-refractivity contribution in [3.63, 3.8) is 0 Å². The SMILES string of the molecule is Cc1cccc(Nc2c(-c3ccncc3OC[C@@H]3CCO3)[nH]c3c2C(=O)NCC3)c1Cl. The van der Waals surface area contributed by atoms with Crippen LogP contribution in [0.1, 0.15) is 28.0 Å². The number of rotatable bonds is 6. The van der Waals surface area contributed by atoms with Crippen molar-refractivity contribution < 1.29 is 14.3 Å². The molecule has 2 aliphatic heterocycles. The van der Waals surface area contributed by atoms with E-state index in [4.69, 9.17) is 21.1 Å². The van der Waals surface area contributed by atoms with Gasteiger partial charge in [-0.15, -0.1) is 0 Å². The maximum Gasteiger partial charge on any atom is 0.255 e. The minimum Gasteiger partial charge on any atom is -0.489 e. The van der Waals surface area contributed by atoms with Crippen molar-refractivity contribution in [2.24, 2.45) is 0 Å². The van der Waals surface area contributed by atoms with Crippen LogP contribution in [0.25, 0.3) is 11.3 Å². The zero-order chi connectivity index (χ0) is 21.4. The van der Waals surface area contributed by atoms with Gasteiger partial charge in [-0.1, -0.05) is 23.7 Å². The van der Waals surface area contributed by atoms with Gasteiger partial charge in [-0.3, -0.25) is 9.78 Å². The Morgan fingerprint density at radius 2 is 2.23 bits per heavy atom. The fraction of sp³-hybridized carbons (Fsp3) is 0.304. The van der Waals surface area contributed by atoms with Crippen LogP contribution in [0.3, 0.4) is 0 Å². The van der Waals surface area contributed by atoms with E-state index in [0.29, 0.717) is 41.6 Å². The molecule has 1 saturated heterocycles. The third-order valence-electron chi connectivity index (χ3n) is 5.69. The molecule has 8 heteroatoms. The molecule has 5 rings (SSSR count). The standard InChI is InChI=1S/C23H23ClN4O3/c1-13-3-2-4-17(20(13)24)28-22-19-16(6-9-26-23(19)29)27-21(22)15-5-8-25-11-18(15)31-12-14-7-10-30-14/h2-5,8,11,14,27-28H,6-7,9-10,12H2,1H3,(H,26,29)/t14-/m0/s1. The number of amides is 1. The summed E-state index contributed by atoms with van der Waals surface area (Å²) in [5.41, 5.74) is 5.45. The second kappa shape index (κ2) is 8.24. The Morgan fingerprint density at radius 1 is 1.35 bits per heavy atom. The minimum absolute atomic E-state index is 0.111. The Bertz CT molecular complexity index is 1140. The van der Waals surface area contributed by atoms with Crippen molar-refractivity contribution in [3.05, 3.63) is 58.5 Å². The van der Waals surface area contributed by atoms with E-state index in [2.05, 4.69) is 20.6 Å². The van der Waals surface area contributed by atoms with E-state index in [-0.39, 0.29) is 12.0 Å². The van der Waals surface area contributed by atoms with Crippen molar-refractivity contribution in [2.75, 3.05) is 25.1 Å². The number of hydrogen-bond donors (Lipinski definition) is 3. The summed E-state index contributed by atoms with van der Waals surface area (Å²) in [5.74, 6) is 0.518. The van der Waals surface area contributed by atoms with Crippen molar-refractivity contribution in [1.29, 1.82) is 0 Å². The molecule has 1 aromatic carbocycles. The lowest BCUT2D eigenvalue weighted by molar-refractivity contribution is -0.0720. The number of aromatic amines is 1. The van der Waals surface area contributed by atoms with Crippen LogP contribution in [0, 0.1) is 6.92 Å². The minimum atomic E-state index is -0.116. The maximum atomic E-state index is 12.8. The first kappa shape index (κ1) is 19.9. The van der Waals surface area contributed by atoms with Crippen LogP contribution >= 0.6 is 11.6 Å². The molecule has 0 radical (unpaired) electrons. The van der Waals surface area contributed by atoms with Crippen molar-refractivity contribution >= 4 is 28.9 Å². The molecule has 7 nitrogen and oxygen atoms in total. The smallest absolute Gasteiger partial charge is 0.255 e. The normalized spacial score (nSPS) is 17.5. The number of benzene rings is 1. The molecule has 0 saturated carbocycles. The predicted molar refractivity (Wildman–Crippen MR) is 119 cm³/mol. The zero-order valence-corrected chi connectivity index (χ0v) is 17.9. The van der Waals surface area contributed by atoms with Gasteiger partial charge in [-0.2, -0.15) is 0 Å². The highest BCUT2D eigenvalue weighted by atomic mass is 35.5. The molecule has 1 fully saturated rings. The van der Waals surface area contributed by atoms with E-state index >= 15 is 0 Å². The van der Waals surface area contributed by atoms with Crippen LogP contribution in [0.15, 0.2) is 36.7 Å². The molecule has 0 unspecified atom stereocenters. The van der Waals surface area contributed by atoms with Crippen molar-refractivity contribution in [3.8, 4) is 17.0 Å². The number of ether oxygens (including phenoxy) is 2. The largest absolute Gasteiger partial charge is 0.489 e. The highest BCUT2D eigenvalue weighted by Gasteiger charge is 2.29. The summed E-state index contributed by atoms with van der Waals surface area (Å²) in [7, 11) is 0. The van der Waals surface area contributed by atoms with E-state index in [9.17, 15) is 4.79 Å². The number of nitrogens with one attached hydrogen (secondary N) is 3. The summed E-state index contributed by atoms with van der Waals surface area (Å²) < 4.78 is 11.5. The molecule has 160 valence electrons. The van der Waals surface area contributed by atoms with Crippen molar-refractivity contribution in [1.82, 2.24) is 15.3 Å². The summed E-state index contributed by atoms with van der Waals surface area (Å²) >= 11 is 6.54. The number of fused-ring (bicyclic) bond motifs is 1. The van der Waals surface area contributed by atoms with Gasteiger partial charge in [-0.25, -0.2) is 0 Å². The number of nitrogens with zero attached hydrogens (tertiary/aromatic N) is 1. The van der Waals surface area contributed by atoms with Gasteiger partial charge < -0.3 is 25.1 Å².